The maximum atomic E-state index is 13.1. The minimum Gasteiger partial charge on any atom is -0.366 e. The Bertz CT molecular complexity index is 407. The molecule has 86 valence electrons. The lowest BCUT2D eigenvalue weighted by atomic mass is 10.1. The number of halogens is 1. The maximum absolute atomic E-state index is 13.1. The fourth-order valence-corrected chi connectivity index (χ4v) is 2.81. The molecule has 1 aromatic heterocycles. The molecule has 2 aliphatic rings. The molecule has 2 atom stereocenters. The average molecular weight is 221 g/mol. The van der Waals surface area contributed by atoms with Gasteiger partial charge in [0.05, 0.1) is 11.9 Å². The lowest BCUT2D eigenvalue weighted by molar-refractivity contribution is 0.449. The molecule has 3 nitrogen and oxygen atoms in total. The Labute approximate surface area is 94.7 Å². The van der Waals surface area contributed by atoms with E-state index in [4.69, 9.17) is 0 Å². The smallest absolute Gasteiger partial charge is 0.215 e. The molecule has 0 unspecified atom stereocenters. The molecule has 3 rings (SSSR count). The summed E-state index contributed by atoms with van der Waals surface area (Å²) in [6.07, 6.45) is 4.03. The summed E-state index contributed by atoms with van der Waals surface area (Å²) in [5, 5.41) is 3.50. The van der Waals surface area contributed by atoms with Crippen molar-refractivity contribution in [3.8, 4) is 0 Å². The van der Waals surface area contributed by atoms with Crippen LogP contribution in [0.1, 0.15) is 18.4 Å². The van der Waals surface area contributed by atoms with Crippen LogP contribution >= 0.6 is 0 Å². The second kappa shape index (κ2) is 3.70. The third kappa shape index (κ3) is 1.57. The van der Waals surface area contributed by atoms with Crippen LogP contribution in [0.4, 0.5) is 10.1 Å². The number of aryl methyl sites for hydroxylation is 1. The number of pyridine rings is 1. The Balaban J connectivity index is 1.89. The Morgan fingerprint density at radius 3 is 3.19 bits per heavy atom. The summed E-state index contributed by atoms with van der Waals surface area (Å²) < 4.78 is 13.1. The molecule has 3 heterocycles. The van der Waals surface area contributed by atoms with Crippen LogP contribution in [0, 0.1) is 12.9 Å². The summed E-state index contributed by atoms with van der Waals surface area (Å²) in [4.78, 5) is 6.17. The topological polar surface area (TPSA) is 28.2 Å². The molecule has 1 aromatic rings. The normalized spacial score (nSPS) is 28.5. The molecule has 4 heteroatoms. The number of hydrogen-bond acceptors (Lipinski definition) is 3. The zero-order chi connectivity index (χ0) is 11.1. The first-order chi connectivity index (χ1) is 7.74. The molecule has 0 radical (unpaired) electrons. The van der Waals surface area contributed by atoms with Crippen LogP contribution in [-0.2, 0) is 0 Å². The summed E-state index contributed by atoms with van der Waals surface area (Å²) in [5.41, 5.74) is 1.70. The Morgan fingerprint density at radius 1 is 1.56 bits per heavy atom. The largest absolute Gasteiger partial charge is 0.366 e. The van der Waals surface area contributed by atoms with Gasteiger partial charge in [-0.05, 0) is 32.4 Å². The Hall–Kier alpha value is -1.16. The second-order valence-corrected chi connectivity index (χ2v) is 4.78. The highest BCUT2D eigenvalue weighted by Crippen LogP contribution is 2.30. The van der Waals surface area contributed by atoms with Crippen molar-refractivity contribution in [1.29, 1.82) is 0 Å². The molecule has 0 spiro atoms. The Morgan fingerprint density at radius 2 is 2.44 bits per heavy atom. The van der Waals surface area contributed by atoms with E-state index in [0.717, 1.165) is 18.8 Å². The highest BCUT2D eigenvalue weighted by Gasteiger charge is 2.35. The van der Waals surface area contributed by atoms with E-state index in [1.165, 1.54) is 12.8 Å². The van der Waals surface area contributed by atoms with Gasteiger partial charge in [0.25, 0.3) is 0 Å². The van der Waals surface area contributed by atoms with Crippen LogP contribution in [-0.4, -0.2) is 30.2 Å². The first kappa shape index (κ1) is 10.0. The van der Waals surface area contributed by atoms with Crippen molar-refractivity contribution in [2.75, 3.05) is 18.0 Å². The number of rotatable bonds is 1. The molecular weight excluding hydrogens is 205 g/mol. The summed E-state index contributed by atoms with van der Waals surface area (Å²) in [5.74, 6) is -0.357. The average Bonchev–Trinajstić information content (AvgIpc) is 2.58. The molecule has 16 heavy (non-hydrogen) atoms. The van der Waals surface area contributed by atoms with Crippen LogP contribution in [0.5, 0.6) is 0 Å². The van der Waals surface area contributed by atoms with E-state index >= 15 is 0 Å². The van der Waals surface area contributed by atoms with Gasteiger partial charge in [0.1, 0.15) is 0 Å². The second-order valence-electron chi connectivity index (χ2n) is 4.78. The van der Waals surface area contributed by atoms with E-state index in [-0.39, 0.29) is 5.95 Å². The van der Waals surface area contributed by atoms with Crippen molar-refractivity contribution in [3.63, 3.8) is 0 Å². The van der Waals surface area contributed by atoms with Crippen LogP contribution in [0.15, 0.2) is 12.3 Å². The van der Waals surface area contributed by atoms with Crippen molar-refractivity contribution in [2.45, 2.75) is 31.8 Å². The molecule has 0 amide bonds. The van der Waals surface area contributed by atoms with Gasteiger partial charge in [0.2, 0.25) is 5.95 Å². The van der Waals surface area contributed by atoms with Gasteiger partial charge in [0.15, 0.2) is 0 Å². The fourth-order valence-electron chi connectivity index (χ4n) is 2.81. The third-order valence-corrected chi connectivity index (χ3v) is 3.66. The molecule has 1 N–H and O–H groups in total. The monoisotopic (exact) mass is 221 g/mol. The molecule has 0 saturated carbocycles. The lowest BCUT2D eigenvalue weighted by Gasteiger charge is -2.26. The molecule has 2 fully saturated rings. The van der Waals surface area contributed by atoms with E-state index in [0.29, 0.717) is 17.6 Å². The van der Waals surface area contributed by atoms with Crippen LogP contribution < -0.4 is 10.2 Å². The minimum atomic E-state index is -0.357. The van der Waals surface area contributed by atoms with Gasteiger partial charge in [-0.3, -0.25) is 0 Å². The first-order valence-corrected chi connectivity index (χ1v) is 5.86. The number of fused-ring (bicyclic) bond motifs is 2. The van der Waals surface area contributed by atoms with Crippen molar-refractivity contribution < 1.29 is 4.39 Å². The predicted octanol–water partition coefficient (Wildman–Crippen LogP) is 1.47. The number of hydrogen-bond donors (Lipinski definition) is 1. The molecule has 0 aliphatic carbocycles. The van der Waals surface area contributed by atoms with Gasteiger partial charge in [-0.15, -0.1) is 0 Å². The SMILES string of the molecule is Cc1cc(N2C[C@H]3C[C@@H]2CCN3)cnc1F. The standard InChI is InChI=1S/C12H16FN3/c1-8-4-11(6-15-12(8)13)16-7-9-5-10(16)2-3-14-9/h4,6,9-10,14H,2-3,5,7H2,1H3/t9-,10+/m1/s1. The molecular formula is C12H16FN3. The first-order valence-electron chi connectivity index (χ1n) is 5.86. The van der Waals surface area contributed by atoms with Gasteiger partial charge in [-0.25, -0.2) is 4.98 Å². The number of aromatic nitrogens is 1. The zero-order valence-corrected chi connectivity index (χ0v) is 9.41. The van der Waals surface area contributed by atoms with E-state index in [1.807, 2.05) is 6.07 Å². The van der Waals surface area contributed by atoms with Gasteiger partial charge >= 0.3 is 0 Å². The summed E-state index contributed by atoms with van der Waals surface area (Å²) in [6.45, 7) is 3.89. The Kier molecular flexibility index (Phi) is 2.32. The number of nitrogens with zero attached hydrogens (tertiary/aromatic N) is 2. The molecule has 2 saturated heterocycles. The molecule has 0 aromatic carbocycles. The van der Waals surface area contributed by atoms with Gasteiger partial charge in [0, 0.05) is 24.2 Å². The molecule has 2 aliphatic heterocycles. The van der Waals surface area contributed by atoms with Crippen LogP contribution in [0.25, 0.3) is 0 Å². The summed E-state index contributed by atoms with van der Waals surface area (Å²) in [6, 6.07) is 3.12. The van der Waals surface area contributed by atoms with E-state index in [9.17, 15) is 4.39 Å². The van der Waals surface area contributed by atoms with Crippen molar-refractivity contribution in [1.82, 2.24) is 10.3 Å². The number of nitrogens with one attached hydrogen (secondary N) is 1. The quantitative estimate of drug-likeness (QED) is 0.728. The van der Waals surface area contributed by atoms with Gasteiger partial charge in [-0.1, -0.05) is 0 Å². The number of anilines is 1. The zero-order valence-electron chi connectivity index (χ0n) is 9.41. The molecule has 2 bridgehead atoms. The van der Waals surface area contributed by atoms with Crippen molar-refractivity contribution in [3.05, 3.63) is 23.8 Å². The van der Waals surface area contributed by atoms with E-state index in [2.05, 4.69) is 15.2 Å². The summed E-state index contributed by atoms with van der Waals surface area (Å²) >= 11 is 0. The van der Waals surface area contributed by atoms with Crippen LogP contribution in [0.3, 0.4) is 0 Å². The predicted molar refractivity (Wildman–Crippen MR) is 61.1 cm³/mol. The van der Waals surface area contributed by atoms with E-state index < -0.39 is 0 Å². The van der Waals surface area contributed by atoms with Crippen molar-refractivity contribution in [2.24, 2.45) is 0 Å². The van der Waals surface area contributed by atoms with Crippen molar-refractivity contribution >= 4 is 5.69 Å². The lowest BCUT2D eigenvalue weighted by Crippen LogP contribution is -2.35. The third-order valence-electron chi connectivity index (χ3n) is 3.66. The van der Waals surface area contributed by atoms with Crippen LogP contribution in [0.2, 0.25) is 0 Å². The number of piperidine rings is 1. The summed E-state index contributed by atoms with van der Waals surface area (Å²) in [7, 11) is 0. The van der Waals surface area contributed by atoms with Gasteiger partial charge < -0.3 is 10.2 Å². The highest BCUT2D eigenvalue weighted by molar-refractivity contribution is 5.49. The highest BCUT2D eigenvalue weighted by atomic mass is 19.1. The van der Waals surface area contributed by atoms with Gasteiger partial charge in [-0.2, -0.15) is 4.39 Å². The van der Waals surface area contributed by atoms with E-state index in [1.54, 1.807) is 13.1 Å². The minimum absolute atomic E-state index is 0.357. The fraction of sp³-hybridized carbons (Fsp3) is 0.583. The maximum Gasteiger partial charge on any atom is 0.215 e.